The van der Waals surface area contributed by atoms with E-state index in [2.05, 4.69) is 48.5 Å². The van der Waals surface area contributed by atoms with Crippen molar-refractivity contribution < 1.29 is 80.2 Å². The molecule has 0 aliphatic rings. The first kappa shape index (κ1) is 92.1. The summed E-state index contributed by atoms with van der Waals surface area (Å²) in [5.41, 5.74) is 0. The van der Waals surface area contributed by atoms with E-state index >= 15 is 0 Å². The number of carbonyl (C=O) groups is 4. The van der Waals surface area contributed by atoms with Gasteiger partial charge < -0.3 is 33.8 Å². The smallest absolute Gasteiger partial charge is 0.462 e. The fourth-order valence-corrected chi connectivity index (χ4v) is 13.0. The molecule has 0 radical (unpaired) electrons. The molecule has 0 bridgehead atoms. The Bertz CT molecular complexity index is 1840. The van der Waals surface area contributed by atoms with Gasteiger partial charge in [-0.1, -0.05) is 331 Å². The molecular weight excluding hydrogens is 1230 g/mol. The molecule has 0 saturated carbocycles. The highest BCUT2D eigenvalue weighted by Gasteiger charge is 2.30. The maximum absolute atomic E-state index is 13.1. The number of aliphatic hydroxyl groups excluding tert-OH is 1. The third kappa shape index (κ3) is 68.6. The Balaban J connectivity index is 5.25. The van der Waals surface area contributed by atoms with Crippen molar-refractivity contribution in [3.63, 3.8) is 0 Å². The number of hydrogen-bond donors (Lipinski definition) is 3. The summed E-state index contributed by atoms with van der Waals surface area (Å²) in [4.78, 5) is 72.8. The summed E-state index contributed by atoms with van der Waals surface area (Å²) < 4.78 is 68.5. The molecule has 0 saturated heterocycles. The van der Waals surface area contributed by atoms with Crippen molar-refractivity contribution >= 4 is 39.5 Å². The summed E-state index contributed by atoms with van der Waals surface area (Å²) in [6, 6.07) is 0. The van der Waals surface area contributed by atoms with Gasteiger partial charge in [-0.15, -0.1) is 0 Å². The maximum atomic E-state index is 13.1. The number of hydrogen-bond acceptors (Lipinski definition) is 15. The molecule has 0 fully saturated rings. The van der Waals surface area contributed by atoms with Crippen LogP contribution in [0.2, 0.25) is 0 Å². The Labute approximate surface area is 575 Å². The minimum Gasteiger partial charge on any atom is -0.462 e. The molecule has 0 aromatic rings. The zero-order valence-corrected chi connectivity index (χ0v) is 63.2. The van der Waals surface area contributed by atoms with E-state index in [1.165, 1.54) is 186 Å². The van der Waals surface area contributed by atoms with Crippen molar-refractivity contribution in [3.05, 3.63) is 0 Å². The molecule has 17 nitrogen and oxygen atoms in total. The van der Waals surface area contributed by atoms with Crippen molar-refractivity contribution in [2.45, 2.75) is 401 Å². The molecule has 2 unspecified atom stereocenters. The molecule has 558 valence electrons. The Morgan fingerprint density at radius 2 is 0.489 bits per heavy atom. The monoisotopic (exact) mass is 1380 g/mol. The summed E-state index contributed by atoms with van der Waals surface area (Å²) in [5, 5.41) is 10.6. The third-order valence-corrected chi connectivity index (χ3v) is 19.3. The summed E-state index contributed by atoms with van der Waals surface area (Å²) in [5.74, 6) is 0.164. The first-order valence-corrected chi connectivity index (χ1v) is 41.8. The highest BCUT2D eigenvalue weighted by Crippen LogP contribution is 2.45. The molecule has 5 atom stereocenters. The fraction of sp³-hybridized carbons (Fsp3) is 0.947. The van der Waals surface area contributed by atoms with Crippen LogP contribution in [0.3, 0.4) is 0 Å². The van der Waals surface area contributed by atoms with Crippen LogP contribution in [0.4, 0.5) is 0 Å². The molecular formula is C75H146O17P2. The summed E-state index contributed by atoms with van der Waals surface area (Å²) in [6.07, 6.45) is 51.3. The van der Waals surface area contributed by atoms with Crippen LogP contribution < -0.4 is 0 Å². The SMILES string of the molecule is CCCCCCCCCCCCCCC(=O)O[C@H](COC(=O)CCCCCCCCCC(C)C)COP(=O)(O)OC[C@H](O)COP(=O)(O)OC[C@@H](COC(=O)CCCCCCCCCCCCCCC(C)C)OC(=O)CCCCCCCCCCCCCCCCC(C)C. The lowest BCUT2D eigenvalue weighted by Gasteiger charge is -2.21. The van der Waals surface area contributed by atoms with Gasteiger partial charge >= 0.3 is 39.5 Å². The van der Waals surface area contributed by atoms with Crippen LogP contribution in [0.1, 0.15) is 382 Å². The van der Waals surface area contributed by atoms with Gasteiger partial charge in [-0.25, -0.2) is 9.13 Å². The molecule has 0 aromatic carbocycles. The topological polar surface area (TPSA) is 237 Å². The molecule has 94 heavy (non-hydrogen) atoms. The second-order valence-electron chi connectivity index (χ2n) is 28.5. The van der Waals surface area contributed by atoms with E-state index in [0.717, 1.165) is 108 Å². The van der Waals surface area contributed by atoms with Crippen molar-refractivity contribution in [1.82, 2.24) is 0 Å². The van der Waals surface area contributed by atoms with E-state index in [-0.39, 0.29) is 25.7 Å². The first-order valence-electron chi connectivity index (χ1n) is 38.8. The second kappa shape index (κ2) is 65.7. The first-order chi connectivity index (χ1) is 45.2. The number of phosphoric ester groups is 2. The lowest BCUT2D eigenvalue weighted by molar-refractivity contribution is -0.161. The number of phosphoric acid groups is 2. The van der Waals surface area contributed by atoms with E-state index in [1.807, 2.05) is 0 Å². The van der Waals surface area contributed by atoms with E-state index < -0.39 is 97.5 Å². The Hall–Kier alpha value is -1.94. The summed E-state index contributed by atoms with van der Waals surface area (Å²) in [6.45, 7) is 11.9. The van der Waals surface area contributed by atoms with E-state index in [9.17, 15) is 43.2 Å². The molecule has 0 rings (SSSR count). The van der Waals surface area contributed by atoms with Crippen molar-refractivity contribution in [3.8, 4) is 0 Å². The Morgan fingerprint density at radius 3 is 0.723 bits per heavy atom. The van der Waals surface area contributed by atoms with Crippen LogP contribution in [0.5, 0.6) is 0 Å². The van der Waals surface area contributed by atoms with Gasteiger partial charge in [0.05, 0.1) is 26.4 Å². The van der Waals surface area contributed by atoms with Gasteiger partial charge in [-0.2, -0.15) is 0 Å². The predicted octanol–water partition coefficient (Wildman–Crippen LogP) is 21.8. The van der Waals surface area contributed by atoms with Gasteiger partial charge in [0.1, 0.15) is 19.3 Å². The molecule has 0 heterocycles. The minimum atomic E-state index is -4.96. The molecule has 19 heteroatoms. The lowest BCUT2D eigenvalue weighted by Crippen LogP contribution is -2.30. The van der Waals surface area contributed by atoms with Crippen LogP contribution in [-0.2, 0) is 65.4 Å². The van der Waals surface area contributed by atoms with Gasteiger partial charge in [-0.05, 0) is 43.4 Å². The average molecular weight is 1380 g/mol. The van der Waals surface area contributed by atoms with Crippen molar-refractivity contribution in [1.29, 1.82) is 0 Å². The van der Waals surface area contributed by atoms with Crippen LogP contribution in [0, 0.1) is 17.8 Å². The highest BCUT2D eigenvalue weighted by molar-refractivity contribution is 7.47. The lowest BCUT2D eigenvalue weighted by atomic mass is 10.0. The standard InChI is InChI=1S/C75H146O17P2/c1-8-9-10-11-12-13-14-23-29-36-44-51-58-74(79)92-71(63-86-73(78)57-50-43-38-31-34-41-48-55-68(6)7)65-90-94(83,84)88-61-69(76)60-87-93(81,82)89-64-70(62-85-72(77)56-49-42-35-28-24-20-19-22-27-33-40-47-54-67(4)5)91-75(80)59-52-45-37-30-25-18-16-15-17-21-26-32-39-46-53-66(2)3/h66-71,76H,8-65H2,1-7H3,(H,81,82)(H,83,84)/t69-,70-,71-/m1/s1. The number of esters is 4. The summed E-state index contributed by atoms with van der Waals surface area (Å²) in [7, 11) is -9.91. The van der Waals surface area contributed by atoms with E-state index in [1.54, 1.807) is 0 Å². The predicted molar refractivity (Wildman–Crippen MR) is 381 cm³/mol. The van der Waals surface area contributed by atoms with Gasteiger partial charge in [0, 0.05) is 25.7 Å². The van der Waals surface area contributed by atoms with Gasteiger partial charge in [0.15, 0.2) is 12.2 Å². The van der Waals surface area contributed by atoms with Crippen molar-refractivity contribution in [2.24, 2.45) is 17.8 Å². The van der Waals surface area contributed by atoms with E-state index in [0.29, 0.717) is 31.6 Å². The second-order valence-corrected chi connectivity index (χ2v) is 31.4. The number of ether oxygens (including phenoxy) is 4. The highest BCUT2D eigenvalue weighted by atomic mass is 31.2. The van der Waals surface area contributed by atoms with Crippen LogP contribution in [0.25, 0.3) is 0 Å². The number of aliphatic hydroxyl groups is 1. The Morgan fingerprint density at radius 1 is 0.287 bits per heavy atom. The minimum absolute atomic E-state index is 0.106. The quantitative estimate of drug-likeness (QED) is 0.0222. The fourth-order valence-electron chi connectivity index (χ4n) is 11.4. The van der Waals surface area contributed by atoms with Gasteiger partial charge in [-0.3, -0.25) is 37.3 Å². The summed E-state index contributed by atoms with van der Waals surface area (Å²) >= 11 is 0. The number of carbonyl (C=O) groups excluding carboxylic acids is 4. The molecule has 0 aliphatic heterocycles. The third-order valence-electron chi connectivity index (χ3n) is 17.4. The molecule has 0 aliphatic carbocycles. The van der Waals surface area contributed by atoms with Gasteiger partial charge in [0.2, 0.25) is 0 Å². The van der Waals surface area contributed by atoms with Crippen LogP contribution >= 0.6 is 15.6 Å². The normalized spacial score (nSPS) is 14.1. The van der Waals surface area contributed by atoms with Crippen molar-refractivity contribution in [2.75, 3.05) is 39.6 Å². The van der Waals surface area contributed by atoms with E-state index in [4.69, 9.17) is 37.0 Å². The number of rotatable bonds is 73. The van der Waals surface area contributed by atoms with Crippen LogP contribution in [0.15, 0.2) is 0 Å². The van der Waals surface area contributed by atoms with Gasteiger partial charge in [0.25, 0.3) is 0 Å². The molecule has 0 spiro atoms. The maximum Gasteiger partial charge on any atom is 0.472 e. The molecule has 0 aromatic heterocycles. The average Bonchev–Trinajstić information content (AvgIpc) is 1.38. The largest absolute Gasteiger partial charge is 0.472 e. The zero-order chi connectivity index (χ0) is 69.4. The molecule has 0 amide bonds. The molecule has 3 N–H and O–H groups in total. The van der Waals surface area contributed by atoms with Crippen LogP contribution in [-0.4, -0.2) is 96.7 Å². The zero-order valence-electron chi connectivity index (χ0n) is 61.4. The number of unbranched alkanes of at least 4 members (excludes halogenated alkanes) is 41. The Kier molecular flexibility index (Phi) is 64.3.